The summed E-state index contributed by atoms with van der Waals surface area (Å²) in [7, 11) is 0.0725. The van der Waals surface area contributed by atoms with Gasteiger partial charge in [-0.15, -0.1) is 0 Å². The van der Waals surface area contributed by atoms with Gasteiger partial charge in [0.15, 0.2) is 0 Å². The molecule has 6 rings (SSSR count). The molecule has 0 amide bonds. The van der Waals surface area contributed by atoms with Gasteiger partial charge in [-0.05, 0) is 106 Å². The van der Waals surface area contributed by atoms with E-state index in [0.29, 0.717) is 22.5 Å². The highest BCUT2D eigenvalue weighted by molar-refractivity contribution is 7.47. The predicted octanol–water partition coefficient (Wildman–Crippen LogP) is 9.97. The lowest BCUT2D eigenvalue weighted by Crippen LogP contribution is -2.22. The molecule has 0 aromatic heterocycles. The monoisotopic (exact) mass is 701 g/mol. The van der Waals surface area contributed by atoms with E-state index in [9.17, 15) is 0 Å². The van der Waals surface area contributed by atoms with Crippen molar-refractivity contribution >= 4 is 42.7 Å². The molecule has 0 atom stereocenters. The minimum atomic E-state index is 0.0725. The Bertz CT molecular complexity index is 1820. The highest BCUT2D eigenvalue weighted by Gasteiger charge is 2.12. The van der Waals surface area contributed by atoms with Gasteiger partial charge >= 0.3 is 0 Å². The van der Waals surface area contributed by atoms with Crippen molar-refractivity contribution in [3.8, 4) is 0 Å². The Morgan fingerprint density at radius 3 is 0.885 bits per heavy atom. The maximum atomic E-state index is 6.52. The number of para-hydroxylation sites is 6. The van der Waals surface area contributed by atoms with E-state index in [2.05, 4.69) is 5.32 Å². The normalized spacial score (nSPS) is 12.2. The summed E-state index contributed by atoms with van der Waals surface area (Å²) < 4.78 is 0. The second-order valence-corrected chi connectivity index (χ2v) is 12.8. The van der Waals surface area contributed by atoms with Crippen molar-refractivity contribution in [2.75, 3.05) is 15.1 Å². The van der Waals surface area contributed by atoms with Crippen molar-refractivity contribution in [1.29, 1.82) is 0 Å². The molecule has 0 saturated carbocycles. The first-order valence-corrected chi connectivity index (χ1v) is 17.8. The number of anilines is 6. The summed E-state index contributed by atoms with van der Waals surface area (Å²) in [5.41, 5.74) is 32.9. The predicted molar refractivity (Wildman–Crippen MR) is 224 cm³/mol. The minimum Gasteiger partial charge on any atom is -0.398 e. The second-order valence-electron chi connectivity index (χ2n) is 11.4. The molecule has 0 fully saturated rings. The van der Waals surface area contributed by atoms with Gasteiger partial charge in [-0.3, -0.25) is 9.80 Å². The second kappa shape index (κ2) is 19.5. The molecule has 8 heteroatoms. The molecule has 0 aliphatic rings. The van der Waals surface area contributed by atoms with Crippen LogP contribution in [0.25, 0.3) is 0 Å². The number of rotatable bonds is 12. The Balaban J connectivity index is 0.000000335. The Morgan fingerprint density at radius 2 is 0.615 bits per heavy atom. The van der Waals surface area contributed by atoms with Crippen molar-refractivity contribution < 1.29 is 0 Å². The molecule has 0 aliphatic carbocycles. The Labute approximate surface area is 308 Å². The third kappa shape index (κ3) is 11.2. The Kier molecular flexibility index (Phi) is 13.7. The van der Waals surface area contributed by atoms with Gasteiger partial charge in [0.1, 0.15) is 11.6 Å². The topological polar surface area (TPSA) is 123 Å². The van der Waals surface area contributed by atoms with E-state index in [1.807, 2.05) is 192 Å². The van der Waals surface area contributed by atoms with E-state index < -0.39 is 0 Å². The average Bonchev–Trinajstić information content (AvgIpc) is 3.19. The van der Waals surface area contributed by atoms with Crippen LogP contribution in [0.1, 0.15) is 0 Å². The zero-order valence-electron chi connectivity index (χ0n) is 28.8. The maximum absolute atomic E-state index is 6.52. The number of nitrogens with one attached hydrogen (secondary N) is 1. The van der Waals surface area contributed by atoms with E-state index >= 15 is 0 Å². The first-order valence-electron chi connectivity index (χ1n) is 16.8. The van der Waals surface area contributed by atoms with E-state index in [4.69, 9.17) is 22.9 Å². The van der Waals surface area contributed by atoms with E-state index in [1.165, 1.54) is 0 Å². The number of allylic oxidation sites excluding steroid dienone is 4. The summed E-state index contributed by atoms with van der Waals surface area (Å²) >= 11 is 0. The number of nitrogens with zero attached hydrogens (tertiary/aromatic N) is 2. The number of nitrogens with two attached hydrogens (primary N) is 4. The SMILES string of the molecule is N/C(=C\C=C(/N)N(c1ccccc1)c1ccccc1)P/C(N)=C/C=C(\N)N(c1ccccc1)c1ccccc1.c1ccc(Nc2ccccc2)cc1. The van der Waals surface area contributed by atoms with Gasteiger partial charge in [-0.2, -0.15) is 0 Å². The summed E-state index contributed by atoms with van der Waals surface area (Å²) in [4.78, 5) is 3.94. The summed E-state index contributed by atoms with van der Waals surface area (Å²) in [5.74, 6) is 1.07. The van der Waals surface area contributed by atoms with Crippen LogP contribution in [0.5, 0.6) is 0 Å². The van der Waals surface area contributed by atoms with Crippen LogP contribution < -0.4 is 38.1 Å². The van der Waals surface area contributed by atoms with Crippen molar-refractivity contribution in [1.82, 2.24) is 0 Å². The largest absolute Gasteiger partial charge is 0.398 e. The van der Waals surface area contributed by atoms with Gasteiger partial charge < -0.3 is 28.3 Å². The van der Waals surface area contributed by atoms with Gasteiger partial charge in [0.25, 0.3) is 0 Å². The molecule has 0 bridgehead atoms. The van der Waals surface area contributed by atoms with Crippen molar-refractivity contribution in [3.63, 3.8) is 0 Å². The molecule has 0 radical (unpaired) electrons. The molecule has 6 aromatic carbocycles. The lowest BCUT2D eigenvalue weighted by molar-refractivity contribution is 1.12. The number of benzene rings is 6. The standard InChI is InChI=1S/C32H33N6P.C12H11N/c33-29(37(25-13-5-1-6-14-25)26-15-7-2-8-16-26)21-23-31(35)39-32(36)24-22-30(34)38(27-17-9-3-10-18-27)28-19-11-4-12-20-28;1-3-7-11(8-4-1)13-12-9-5-2-6-10-12/h1-24,39H,33-36H2;1-10,13H/b29-21+,30-22+,31-23+,32-24+;. The van der Waals surface area contributed by atoms with Gasteiger partial charge in [-0.1, -0.05) is 109 Å². The molecule has 0 unspecified atom stereocenters. The zero-order valence-corrected chi connectivity index (χ0v) is 29.8. The van der Waals surface area contributed by atoms with E-state index in [-0.39, 0.29) is 8.58 Å². The smallest absolute Gasteiger partial charge is 0.108 e. The van der Waals surface area contributed by atoms with Crippen LogP contribution in [-0.4, -0.2) is 0 Å². The Hall–Kier alpha value is -6.69. The molecular formula is C44H44N7P. The highest BCUT2D eigenvalue weighted by atomic mass is 31.1. The quantitative estimate of drug-likeness (QED) is 0.0636. The van der Waals surface area contributed by atoms with Crippen LogP contribution in [0.2, 0.25) is 0 Å². The van der Waals surface area contributed by atoms with Crippen molar-refractivity contribution in [2.24, 2.45) is 22.9 Å². The summed E-state index contributed by atoms with van der Waals surface area (Å²) in [5, 5.41) is 3.30. The fraction of sp³-hybridized carbons (Fsp3) is 0. The Morgan fingerprint density at radius 1 is 0.365 bits per heavy atom. The van der Waals surface area contributed by atoms with Crippen LogP contribution >= 0.6 is 8.58 Å². The molecule has 0 heterocycles. The molecule has 0 saturated heterocycles. The van der Waals surface area contributed by atoms with E-state index in [0.717, 1.165) is 34.1 Å². The van der Waals surface area contributed by atoms with Gasteiger partial charge in [0.05, 0.1) is 0 Å². The van der Waals surface area contributed by atoms with Crippen LogP contribution in [0.4, 0.5) is 34.1 Å². The third-order valence-corrected chi connectivity index (χ3v) is 8.48. The number of hydrogen-bond donors (Lipinski definition) is 5. The molecular weight excluding hydrogens is 658 g/mol. The number of hydrogen-bond acceptors (Lipinski definition) is 7. The lowest BCUT2D eigenvalue weighted by atomic mass is 10.2. The molecule has 0 spiro atoms. The highest BCUT2D eigenvalue weighted by Crippen LogP contribution is 2.31. The summed E-state index contributed by atoms with van der Waals surface area (Å²) in [6, 6.07) is 60.1. The fourth-order valence-corrected chi connectivity index (χ4v) is 5.83. The summed E-state index contributed by atoms with van der Waals surface area (Å²) in [6.07, 6.45) is 7.18. The maximum Gasteiger partial charge on any atom is 0.108 e. The molecule has 7 nitrogen and oxygen atoms in total. The van der Waals surface area contributed by atoms with Gasteiger partial charge in [0.2, 0.25) is 0 Å². The van der Waals surface area contributed by atoms with Crippen LogP contribution in [0.15, 0.2) is 229 Å². The average molecular weight is 702 g/mol. The first-order chi connectivity index (χ1) is 25.5. The van der Waals surface area contributed by atoms with Crippen LogP contribution in [0, 0.1) is 0 Å². The van der Waals surface area contributed by atoms with Crippen LogP contribution in [0.3, 0.4) is 0 Å². The molecule has 9 N–H and O–H groups in total. The zero-order chi connectivity index (χ0) is 36.4. The minimum absolute atomic E-state index is 0.0725. The van der Waals surface area contributed by atoms with Gasteiger partial charge in [0, 0.05) is 45.0 Å². The molecule has 260 valence electrons. The fourth-order valence-electron chi connectivity index (χ4n) is 5.16. The summed E-state index contributed by atoms with van der Waals surface area (Å²) in [6.45, 7) is 0. The van der Waals surface area contributed by atoms with Gasteiger partial charge in [-0.25, -0.2) is 0 Å². The van der Waals surface area contributed by atoms with Crippen LogP contribution in [-0.2, 0) is 0 Å². The van der Waals surface area contributed by atoms with E-state index in [1.54, 1.807) is 24.3 Å². The molecule has 0 aliphatic heterocycles. The molecule has 6 aromatic rings. The molecule has 52 heavy (non-hydrogen) atoms. The van der Waals surface area contributed by atoms with Crippen molar-refractivity contribution in [3.05, 3.63) is 229 Å². The first kappa shape index (κ1) is 36.6. The van der Waals surface area contributed by atoms with Crippen molar-refractivity contribution in [2.45, 2.75) is 0 Å². The lowest BCUT2D eigenvalue weighted by Gasteiger charge is -2.25. The third-order valence-electron chi connectivity index (χ3n) is 7.57.